The molecule has 0 radical (unpaired) electrons. The van der Waals surface area contributed by atoms with E-state index in [1.165, 1.54) is 0 Å². The quantitative estimate of drug-likeness (QED) is 0.490. The summed E-state index contributed by atoms with van der Waals surface area (Å²) in [5.74, 6) is 0.475. The van der Waals surface area contributed by atoms with Crippen LogP contribution in [-0.4, -0.2) is 0 Å². The Labute approximate surface area is 156 Å². The summed E-state index contributed by atoms with van der Waals surface area (Å²) < 4.78 is 5.65. The molecule has 0 aliphatic rings. The number of rotatable bonds is 3. The zero-order valence-corrected chi connectivity index (χ0v) is 14.4. The summed E-state index contributed by atoms with van der Waals surface area (Å²) in [6.45, 7) is 0. The normalized spacial score (nSPS) is 10.3. The molecule has 3 nitrogen and oxygen atoms in total. The van der Waals surface area contributed by atoms with Crippen LogP contribution in [0.25, 0.3) is 33.6 Å². The topological polar surface area (TPSA) is 54.0 Å². The molecule has 27 heavy (non-hydrogen) atoms. The van der Waals surface area contributed by atoms with Gasteiger partial charge in [0.2, 0.25) is 0 Å². The van der Waals surface area contributed by atoms with Gasteiger partial charge < -0.3 is 4.42 Å². The van der Waals surface area contributed by atoms with E-state index in [4.69, 9.17) is 9.68 Å². The molecule has 0 unspecified atom stereocenters. The monoisotopic (exact) mass is 349 g/mol. The van der Waals surface area contributed by atoms with Crippen LogP contribution in [0.3, 0.4) is 0 Å². The van der Waals surface area contributed by atoms with Crippen molar-refractivity contribution in [2.45, 2.75) is 0 Å². The Balaban J connectivity index is 1.96. The number of benzene rings is 3. The summed E-state index contributed by atoms with van der Waals surface area (Å²) in [7, 11) is 0. The van der Waals surface area contributed by atoms with Gasteiger partial charge in [0.25, 0.3) is 0 Å². The molecule has 0 N–H and O–H groups in total. The van der Waals surface area contributed by atoms with Crippen molar-refractivity contribution in [1.82, 2.24) is 0 Å². The van der Waals surface area contributed by atoms with Crippen LogP contribution >= 0.6 is 0 Å². The second-order valence-electron chi connectivity index (χ2n) is 6.11. The van der Waals surface area contributed by atoms with Crippen molar-refractivity contribution >= 4 is 0 Å². The molecule has 0 spiro atoms. The largest absolute Gasteiger partial charge is 0.422 e. The smallest absolute Gasteiger partial charge is 0.344 e. The van der Waals surface area contributed by atoms with E-state index in [0.717, 1.165) is 22.3 Å². The summed E-state index contributed by atoms with van der Waals surface area (Å²) in [6.07, 6.45) is 0. The van der Waals surface area contributed by atoms with Gasteiger partial charge in [-0.3, -0.25) is 0 Å². The molecule has 0 aliphatic carbocycles. The Morgan fingerprint density at radius 2 is 1.30 bits per heavy atom. The molecule has 3 aromatic carbocycles. The van der Waals surface area contributed by atoms with Crippen LogP contribution in [0.1, 0.15) is 5.56 Å². The maximum Gasteiger partial charge on any atom is 0.344 e. The fourth-order valence-corrected chi connectivity index (χ4v) is 3.07. The predicted molar refractivity (Wildman–Crippen MR) is 106 cm³/mol. The standard InChI is InChI=1S/C24H15NO2/c25-16-17-11-13-19(14-12-17)22-15-21(18-7-3-1-4-8-18)23(24(26)27-22)20-9-5-2-6-10-20/h1-15H. The van der Waals surface area contributed by atoms with E-state index in [1.807, 2.05) is 66.7 Å². The minimum atomic E-state index is -0.387. The lowest BCUT2D eigenvalue weighted by Crippen LogP contribution is -2.06. The van der Waals surface area contributed by atoms with E-state index in [1.54, 1.807) is 24.3 Å². The predicted octanol–water partition coefficient (Wildman–Crippen LogP) is 5.51. The van der Waals surface area contributed by atoms with Gasteiger partial charge in [-0.05, 0) is 41.5 Å². The van der Waals surface area contributed by atoms with Crippen LogP contribution in [0, 0.1) is 11.3 Å². The van der Waals surface area contributed by atoms with Gasteiger partial charge in [-0.2, -0.15) is 5.26 Å². The van der Waals surface area contributed by atoms with E-state index in [0.29, 0.717) is 16.9 Å². The third kappa shape index (κ3) is 3.29. The van der Waals surface area contributed by atoms with Crippen LogP contribution in [0.15, 0.2) is 100 Å². The fraction of sp³-hybridized carbons (Fsp3) is 0. The van der Waals surface area contributed by atoms with Gasteiger partial charge in [-0.15, -0.1) is 0 Å². The molecular formula is C24H15NO2. The van der Waals surface area contributed by atoms with Gasteiger partial charge in [0, 0.05) is 11.1 Å². The Morgan fingerprint density at radius 1 is 0.704 bits per heavy atom. The zero-order valence-electron chi connectivity index (χ0n) is 14.4. The summed E-state index contributed by atoms with van der Waals surface area (Å²) in [5, 5.41) is 8.97. The van der Waals surface area contributed by atoms with E-state index < -0.39 is 0 Å². The van der Waals surface area contributed by atoms with Crippen molar-refractivity contribution in [2.24, 2.45) is 0 Å². The van der Waals surface area contributed by atoms with Crippen LogP contribution in [0.4, 0.5) is 0 Å². The maximum atomic E-state index is 12.9. The Bertz CT molecular complexity index is 1170. The first-order chi connectivity index (χ1) is 13.3. The average molecular weight is 349 g/mol. The highest BCUT2D eigenvalue weighted by atomic mass is 16.4. The first kappa shape index (κ1) is 16.6. The SMILES string of the molecule is N#Cc1ccc(-c2cc(-c3ccccc3)c(-c3ccccc3)c(=O)o2)cc1. The van der Waals surface area contributed by atoms with Crippen LogP contribution in [-0.2, 0) is 0 Å². The number of nitrogens with zero attached hydrogens (tertiary/aromatic N) is 1. The molecule has 0 bridgehead atoms. The van der Waals surface area contributed by atoms with Crippen molar-refractivity contribution in [2.75, 3.05) is 0 Å². The lowest BCUT2D eigenvalue weighted by molar-refractivity contribution is 0.529. The van der Waals surface area contributed by atoms with Crippen molar-refractivity contribution in [3.63, 3.8) is 0 Å². The van der Waals surface area contributed by atoms with Crippen molar-refractivity contribution in [3.8, 4) is 39.6 Å². The third-order valence-corrected chi connectivity index (χ3v) is 4.40. The third-order valence-electron chi connectivity index (χ3n) is 4.40. The fourth-order valence-electron chi connectivity index (χ4n) is 3.07. The summed E-state index contributed by atoms with van der Waals surface area (Å²) in [4.78, 5) is 12.9. The molecule has 0 amide bonds. The highest BCUT2D eigenvalue weighted by Gasteiger charge is 2.16. The highest BCUT2D eigenvalue weighted by molar-refractivity contribution is 5.84. The van der Waals surface area contributed by atoms with Crippen LogP contribution < -0.4 is 5.63 Å². The molecule has 128 valence electrons. The number of nitriles is 1. The molecule has 3 heteroatoms. The van der Waals surface area contributed by atoms with E-state index in [-0.39, 0.29) is 5.63 Å². The zero-order chi connectivity index (χ0) is 18.6. The molecule has 0 saturated carbocycles. The summed E-state index contributed by atoms with van der Waals surface area (Å²) in [6, 6.07) is 30.3. The molecular weight excluding hydrogens is 334 g/mol. The first-order valence-corrected chi connectivity index (χ1v) is 8.56. The number of hydrogen-bond acceptors (Lipinski definition) is 3. The van der Waals surface area contributed by atoms with Gasteiger partial charge in [0.15, 0.2) is 0 Å². The Hall–Kier alpha value is -3.90. The lowest BCUT2D eigenvalue weighted by atomic mass is 9.95. The molecule has 1 aromatic heterocycles. The van der Waals surface area contributed by atoms with Gasteiger partial charge in [0.05, 0.1) is 17.2 Å². The van der Waals surface area contributed by atoms with Crippen molar-refractivity contribution < 1.29 is 4.42 Å². The van der Waals surface area contributed by atoms with Gasteiger partial charge in [-0.25, -0.2) is 4.79 Å². The second kappa shape index (κ2) is 7.15. The minimum Gasteiger partial charge on any atom is -0.422 e. The lowest BCUT2D eigenvalue weighted by Gasteiger charge is -2.11. The molecule has 0 saturated heterocycles. The molecule has 0 aliphatic heterocycles. The van der Waals surface area contributed by atoms with Crippen LogP contribution in [0.5, 0.6) is 0 Å². The van der Waals surface area contributed by atoms with E-state index in [9.17, 15) is 4.79 Å². The summed E-state index contributed by atoms with van der Waals surface area (Å²) >= 11 is 0. The maximum absolute atomic E-state index is 12.9. The second-order valence-corrected chi connectivity index (χ2v) is 6.11. The molecule has 4 rings (SSSR count). The molecule has 0 atom stereocenters. The van der Waals surface area contributed by atoms with Crippen LogP contribution in [0.2, 0.25) is 0 Å². The van der Waals surface area contributed by atoms with Crippen molar-refractivity contribution in [3.05, 3.63) is 107 Å². The summed E-state index contributed by atoms with van der Waals surface area (Å²) in [5.41, 5.74) is 4.04. The van der Waals surface area contributed by atoms with E-state index >= 15 is 0 Å². The first-order valence-electron chi connectivity index (χ1n) is 8.56. The Morgan fingerprint density at radius 3 is 1.89 bits per heavy atom. The van der Waals surface area contributed by atoms with Gasteiger partial charge in [0.1, 0.15) is 5.76 Å². The molecule has 1 heterocycles. The molecule has 4 aromatic rings. The number of hydrogen-bond donors (Lipinski definition) is 0. The van der Waals surface area contributed by atoms with E-state index in [2.05, 4.69) is 6.07 Å². The molecule has 0 fully saturated rings. The average Bonchev–Trinajstić information content (AvgIpc) is 2.74. The van der Waals surface area contributed by atoms with Gasteiger partial charge in [-0.1, -0.05) is 60.7 Å². The Kier molecular flexibility index (Phi) is 4.38. The van der Waals surface area contributed by atoms with Crippen molar-refractivity contribution in [1.29, 1.82) is 5.26 Å². The van der Waals surface area contributed by atoms with Gasteiger partial charge >= 0.3 is 5.63 Å². The minimum absolute atomic E-state index is 0.387. The highest BCUT2D eigenvalue weighted by Crippen LogP contribution is 2.33.